The third-order valence-electron chi connectivity index (χ3n) is 3.29. The highest BCUT2D eigenvalue weighted by molar-refractivity contribution is 5.92. The third-order valence-corrected chi connectivity index (χ3v) is 3.29. The molecule has 0 aromatic heterocycles. The summed E-state index contributed by atoms with van der Waals surface area (Å²) in [5.41, 5.74) is 5.72. The molecular formula is C17H31N3O3. The molecule has 0 rings (SSSR count). The molecule has 0 aliphatic carbocycles. The van der Waals surface area contributed by atoms with Crippen molar-refractivity contribution in [3.8, 4) is 0 Å². The maximum Gasteiger partial charge on any atom is 0.246 e. The summed E-state index contributed by atoms with van der Waals surface area (Å²) >= 11 is 0. The predicted octanol–water partition coefficient (Wildman–Crippen LogP) is 1.62. The van der Waals surface area contributed by atoms with Gasteiger partial charge in [-0.3, -0.25) is 9.59 Å². The number of nitrogens with two attached hydrogens (primary N) is 1. The van der Waals surface area contributed by atoms with Crippen LogP contribution >= 0.6 is 0 Å². The van der Waals surface area contributed by atoms with E-state index in [2.05, 4.69) is 23.8 Å². The quantitative estimate of drug-likeness (QED) is 0.420. The normalized spacial score (nSPS) is 13.8. The number of ether oxygens (including phenoxy) is 1. The van der Waals surface area contributed by atoms with E-state index >= 15 is 0 Å². The summed E-state index contributed by atoms with van der Waals surface area (Å²) in [6.45, 7) is 16.9. The largest absolute Gasteiger partial charge is 0.361 e. The molecule has 0 saturated carbocycles. The molecule has 1 unspecified atom stereocenters. The summed E-state index contributed by atoms with van der Waals surface area (Å²) in [4.78, 5) is 23.0. The molecule has 0 fully saturated rings. The number of carbonyl (C=O) groups is 2. The van der Waals surface area contributed by atoms with E-state index in [1.54, 1.807) is 20.8 Å². The van der Waals surface area contributed by atoms with Crippen molar-refractivity contribution < 1.29 is 14.3 Å². The predicted molar refractivity (Wildman–Crippen MR) is 92.6 cm³/mol. The van der Waals surface area contributed by atoms with Crippen LogP contribution in [0.15, 0.2) is 24.3 Å². The number of rotatable bonds is 10. The van der Waals surface area contributed by atoms with Gasteiger partial charge in [-0.2, -0.15) is 0 Å². The topological polar surface area (TPSA) is 93.5 Å². The Labute approximate surface area is 139 Å². The molecule has 0 heterocycles. The number of carbonyl (C=O) groups excluding carboxylic acids is 2. The monoisotopic (exact) mass is 325 g/mol. The van der Waals surface area contributed by atoms with E-state index in [0.717, 1.165) is 0 Å². The Bertz CT molecular complexity index is 468. The molecule has 0 saturated heterocycles. The summed E-state index contributed by atoms with van der Waals surface area (Å²) in [5, 5.41) is 5.60. The minimum Gasteiger partial charge on any atom is -0.361 e. The lowest BCUT2D eigenvalue weighted by Gasteiger charge is -2.30. The van der Waals surface area contributed by atoms with Gasteiger partial charge in [0.25, 0.3) is 0 Å². The van der Waals surface area contributed by atoms with Gasteiger partial charge >= 0.3 is 0 Å². The average Bonchev–Trinajstić information content (AvgIpc) is 2.36. The number of hydrogen-bond donors (Lipinski definition) is 3. The lowest BCUT2D eigenvalue weighted by atomic mass is 10.0. The molecule has 6 nitrogen and oxygen atoms in total. The Balaban J connectivity index is 4.18. The molecule has 0 aromatic rings. The fourth-order valence-electron chi connectivity index (χ4n) is 1.66. The van der Waals surface area contributed by atoms with Crippen LogP contribution < -0.4 is 16.4 Å². The number of amides is 2. The average molecular weight is 325 g/mol. The second-order valence-electron chi connectivity index (χ2n) is 6.82. The van der Waals surface area contributed by atoms with Gasteiger partial charge < -0.3 is 21.1 Å². The van der Waals surface area contributed by atoms with Gasteiger partial charge in [0.1, 0.15) is 5.72 Å². The van der Waals surface area contributed by atoms with Crippen molar-refractivity contribution in [2.24, 2.45) is 5.73 Å². The highest BCUT2D eigenvalue weighted by atomic mass is 16.5. The Hall–Kier alpha value is -1.66. The molecule has 0 aromatic carbocycles. The lowest BCUT2D eigenvalue weighted by Crippen LogP contribution is -2.47. The van der Waals surface area contributed by atoms with Gasteiger partial charge in [-0.05, 0) is 41.0 Å². The molecule has 132 valence electrons. The smallest absolute Gasteiger partial charge is 0.246 e. The highest BCUT2D eigenvalue weighted by Gasteiger charge is 2.24. The van der Waals surface area contributed by atoms with Crippen molar-refractivity contribution in [1.82, 2.24) is 10.6 Å². The highest BCUT2D eigenvalue weighted by Crippen LogP contribution is 2.13. The van der Waals surface area contributed by atoms with Crippen LogP contribution in [0.25, 0.3) is 0 Å². The molecule has 4 N–H and O–H groups in total. The number of hydrogen-bond acceptors (Lipinski definition) is 4. The summed E-state index contributed by atoms with van der Waals surface area (Å²) in [6, 6.07) is 0. The lowest BCUT2D eigenvalue weighted by molar-refractivity contribution is -0.119. The molecule has 0 aliphatic rings. The van der Waals surface area contributed by atoms with Gasteiger partial charge in [0, 0.05) is 29.7 Å². The molecule has 0 aliphatic heterocycles. The first kappa shape index (κ1) is 21.3. The first-order chi connectivity index (χ1) is 10.4. The third kappa shape index (κ3) is 9.86. The van der Waals surface area contributed by atoms with Gasteiger partial charge in [-0.25, -0.2) is 0 Å². The molecular weight excluding hydrogens is 294 g/mol. The summed E-state index contributed by atoms with van der Waals surface area (Å²) in [5.74, 6) is -0.363. The van der Waals surface area contributed by atoms with E-state index < -0.39 is 11.3 Å². The van der Waals surface area contributed by atoms with Crippen LogP contribution in [0, 0.1) is 0 Å². The maximum atomic E-state index is 11.7. The molecule has 0 radical (unpaired) electrons. The van der Waals surface area contributed by atoms with Crippen LogP contribution in [0.1, 0.15) is 47.5 Å². The first-order valence-electron chi connectivity index (χ1n) is 7.71. The second kappa shape index (κ2) is 8.84. The van der Waals surface area contributed by atoms with Gasteiger partial charge in [0.05, 0.1) is 6.61 Å². The summed E-state index contributed by atoms with van der Waals surface area (Å²) < 4.78 is 5.68. The fourth-order valence-corrected chi connectivity index (χ4v) is 1.66. The van der Waals surface area contributed by atoms with Crippen LogP contribution in [0.4, 0.5) is 0 Å². The van der Waals surface area contributed by atoms with Crippen molar-refractivity contribution >= 4 is 11.8 Å². The van der Waals surface area contributed by atoms with Crippen molar-refractivity contribution in [2.75, 3.05) is 13.2 Å². The Morgan fingerprint density at radius 3 is 2.04 bits per heavy atom. The standard InChI is InChI=1S/C17H31N3O3/c1-12(2)14(21)19-10-8-17(7,18)23-11-9-16(5,6)20-15(22)13(3)4/h1,3,8-11,18H2,2,4-7H3,(H,19,21)(H,20,22). The second-order valence-corrected chi connectivity index (χ2v) is 6.82. The Morgan fingerprint density at radius 2 is 1.57 bits per heavy atom. The van der Waals surface area contributed by atoms with E-state index in [1.165, 1.54) is 0 Å². The van der Waals surface area contributed by atoms with Crippen molar-refractivity contribution in [3.05, 3.63) is 24.3 Å². The van der Waals surface area contributed by atoms with Crippen LogP contribution in [-0.4, -0.2) is 36.2 Å². The van der Waals surface area contributed by atoms with E-state index in [-0.39, 0.29) is 11.8 Å². The van der Waals surface area contributed by atoms with E-state index in [4.69, 9.17) is 10.5 Å². The first-order valence-corrected chi connectivity index (χ1v) is 7.71. The van der Waals surface area contributed by atoms with Crippen LogP contribution in [0.3, 0.4) is 0 Å². The van der Waals surface area contributed by atoms with Crippen LogP contribution in [0.2, 0.25) is 0 Å². The molecule has 6 heteroatoms. The zero-order valence-electron chi connectivity index (χ0n) is 15.0. The zero-order valence-corrected chi connectivity index (χ0v) is 15.0. The van der Waals surface area contributed by atoms with Crippen LogP contribution in [-0.2, 0) is 14.3 Å². The van der Waals surface area contributed by atoms with E-state index in [0.29, 0.717) is 37.1 Å². The Kier molecular flexibility index (Phi) is 8.20. The van der Waals surface area contributed by atoms with Gasteiger partial charge in [0.15, 0.2) is 0 Å². The summed E-state index contributed by atoms with van der Waals surface area (Å²) in [7, 11) is 0. The SMILES string of the molecule is C=C(C)C(=O)NCCC(C)(N)OCCC(C)(C)NC(=O)C(=C)C. The number of nitrogens with one attached hydrogen (secondary N) is 2. The fraction of sp³-hybridized carbons (Fsp3) is 0.647. The van der Waals surface area contributed by atoms with Crippen molar-refractivity contribution in [3.63, 3.8) is 0 Å². The van der Waals surface area contributed by atoms with Crippen molar-refractivity contribution in [2.45, 2.75) is 58.7 Å². The molecule has 23 heavy (non-hydrogen) atoms. The molecule has 1 atom stereocenters. The van der Waals surface area contributed by atoms with Gasteiger partial charge in [0.2, 0.25) is 11.8 Å². The zero-order chi connectivity index (χ0) is 18.3. The van der Waals surface area contributed by atoms with Crippen LogP contribution in [0.5, 0.6) is 0 Å². The summed E-state index contributed by atoms with van der Waals surface area (Å²) in [6.07, 6.45) is 1.08. The van der Waals surface area contributed by atoms with E-state index in [9.17, 15) is 9.59 Å². The molecule has 0 spiro atoms. The molecule has 2 amide bonds. The maximum absolute atomic E-state index is 11.7. The van der Waals surface area contributed by atoms with E-state index in [1.807, 2.05) is 13.8 Å². The van der Waals surface area contributed by atoms with Crippen molar-refractivity contribution in [1.29, 1.82) is 0 Å². The molecule has 0 bridgehead atoms. The minimum atomic E-state index is -0.850. The van der Waals surface area contributed by atoms with Gasteiger partial charge in [-0.1, -0.05) is 13.2 Å². The van der Waals surface area contributed by atoms with Gasteiger partial charge in [-0.15, -0.1) is 0 Å². The Morgan fingerprint density at radius 1 is 1.04 bits per heavy atom. The minimum absolute atomic E-state index is 0.173.